The van der Waals surface area contributed by atoms with E-state index >= 15 is 0 Å². The standard InChI is InChI=1S/C18H19N5S/c1-12-11-24-17(21-12)10-23-7-6-16-14(9-23)8-20-18(22-16)13-2-4-15(19)5-3-13/h2-5,8,11H,6-7,9-10,19H2,1H3. The largest absolute Gasteiger partial charge is 0.399 e. The highest BCUT2D eigenvalue weighted by molar-refractivity contribution is 7.09. The Labute approximate surface area is 145 Å². The van der Waals surface area contributed by atoms with Crippen molar-refractivity contribution in [2.75, 3.05) is 12.3 Å². The lowest BCUT2D eigenvalue weighted by Crippen LogP contribution is -2.30. The molecular weight excluding hydrogens is 318 g/mol. The highest BCUT2D eigenvalue weighted by Crippen LogP contribution is 2.23. The van der Waals surface area contributed by atoms with E-state index in [2.05, 4.69) is 20.2 Å². The molecule has 0 unspecified atom stereocenters. The van der Waals surface area contributed by atoms with Gasteiger partial charge in [0.1, 0.15) is 5.01 Å². The number of hydrogen-bond donors (Lipinski definition) is 1. The zero-order valence-corrected chi connectivity index (χ0v) is 14.4. The van der Waals surface area contributed by atoms with Crippen LogP contribution < -0.4 is 5.73 Å². The van der Waals surface area contributed by atoms with Gasteiger partial charge in [-0.15, -0.1) is 11.3 Å². The summed E-state index contributed by atoms with van der Waals surface area (Å²) in [5.41, 5.74) is 11.0. The quantitative estimate of drug-likeness (QED) is 0.744. The van der Waals surface area contributed by atoms with Crippen LogP contribution in [0.1, 0.15) is 22.0 Å². The fourth-order valence-corrected chi connectivity index (χ4v) is 3.76. The van der Waals surface area contributed by atoms with Gasteiger partial charge >= 0.3 is 0 Å². The van der Waals surface area contributed by atoms with Gasteiger partial charge in [-0.2, -0.15) is 0 Å². The predicted molar refractivity (Wildman–Crippen MR) is 96.5 cm³/mol. The molecule has 2 aromatic heterocycles. The maximum Gasteiger partial charge on any atom is 0.159 e. The summed E-state index contributed by atoms with van der Waals surface area (Å²) in [4.78, 5) is 16.3. The molecule has 0 fully saturated rings. The SMILES string of the molecule is Cc1csc(CN2CCc3nc(-c4ccc(N)cc4)ncc3C2)n1. The molecule has 3 aromatic rings. The van der Waals surface area contributed by atoms with E-state index in [-0.39, 0.29) is 0 Å². The molecule has 4 rings (SSSR count). The second-order valence-corrected chi connectivity index (χ2v) is 7.07. The zero-order chi connectivity index (χ0) is 16.5. The average molecular weight is 337 g/mol. The van der Waals surface area contributed by atoms with Gasteiger partial charge in [-0.1, -0.05) is 0 Å². The first-order chi connectivity index (χ1) is 11.7. The van der Waals surface area contributed by atoms with Crippen molar-refractivity contribution >= 4 is 17.0 Å². The van der Waals surface area contributed by atoms with Crippen LogP contribution >= 0.6 is 11.3 Å². The van der Waals surface area contributed by atoms with Crippen LogP contribution in [0.3, 0.4) is 0 Å². The summed E-state index contributed by atoms with van der Waals surface area (Å²) in [6.45, 7) is 4.83. The molecule has 0 radical (unpaired) electrons. The molecule has 5 nitrogen and oxygen atoms in total. The van der Waals surface area contributed by atoms with Gasteiger partial charge in [0.05, 0.1) is 12.2 Å². The maximum atomic E-state index is 5.75. The molecule has 1 aliphatic heterocycles. The van der Waals surface area contributed by atoms with Crippen molar-refractivity contribution in [2.45, 2.75) is 26.4 Å². The Morgan fingerprint density at radius 3 is 2.79 bits per heavy atom. The van der Waals surface area contributed by atoms with Gasteiger partial charge in [-0.3, -0.25) is 4.90 Å². The van der Waals surface area contributed by atoms with Gasteiger partial charge in [-0.25, -0.2) is 15.0 Å². The van der Waals surface area contributed by atoms with E-state index in [4.69, 9.17) is 10.7 Å². The maximum absolute atomic E-state index is 5.75. The van der Waals surface area contributed by atoms with Crippen molar-refractivity contribution in [1.29, 1.82) is 0 Å². The molecule has 0 saturated heterocycles. The lowest BCUT2D eigenvalue weighted by atomic mass is 10.1. The number of fused-ring (bicyclic) bond motifs is 1. The second kappa shape index (κ2) is 6.30. The minimum atomic E-state index is 0.754. The molecule has 0 spiro atoms. The highest BCUT2D eigenvalue weighted by atomic mass is 32.1. The first-order valence-electron chi connectivity index (χ1n) is 8.01. The average Bonchev–Trinajstić information content (AvgIpc) is 3.00. The summed E-state index contributed by atoms with van der Waals surface area (Å²) < 4.78 is 0. The summed E-state index contributed by atoms with van der Waals surface area (Å²) in [6, 6.07) is 7.71. The fourth-order valence-electron chi connectivity index (χ4n) is 2.95. The van der Waals surface area contributed by atoms with E-state index in [0.717, 1.165) is 54.5 Å². The number of rotatable bonds is 3. The molecule has 0 amide bonds. The Morgan fingerprint density at radius 2 is 2.04 bits per heavy atom. The number of anilines is 1. The molecule has 0 atom stereocenters. The van der Waals surface area contributed by atoms with Gasteiger partial charge in [0.25, 0.3) is 0 Å². The fraction of sp³-hybridized carbons (Fsp3) is 0.278. The van der Waals surface area contributed by atoms with Crippen molar-refractivity contribution < 1.29 is 0 Å². The van der Waals surface area contributed by atoms with Crippen LogP contribution in [-0.4, -0.2) is 26.4 Å². The highest BCUT2D eigenvalue weighted by Gasteiger charge is 2.19. The number of aryl methyl sites for hydroxylation is 1. The molecular formula is C18H19N5S. The van der Waals surface area contributed by atoms with E-state index in [1.165, 1.54) is 10.6 Å². The Bertz CT molecular complexity index is 856. The third kappa shape index (κ3) is 3.16. The molecule has 3 heterocycles. The van der Waals surface area contributed by atoms with Crippen molar-refractivity contribution in [3.63, 3.8) is 0 Å². The Balaban J connectivity index is 1.52. The number of nitrogen functional groups attached to an aromatic ring is 1. The lowest BCUT2D eigenvalue weighted by Gasteiger charge is -2.27. The summed E-state index contributed by atoms with van der Waals surface area (Å²) in [5, 5.41) is 3.28. The first-order valence-corrected chi connectivity index (χ1v) is 8.89. The first kappa shape index (κ1) is 15.2. The van der Waals surface area contributed by atoms with E-state index < -0.39 is 0 Å². The molecule has 0 saturated carbocycles. The topological polar surface area (TPSA) is 67.9 Å². The molecule has 1 aliphatic rings. The smallest absolute Gasteiger partial charge is 0.159 e. The molecule has 0 bridgehead atoms. The summed E-state index contributed by atoms with van der Waals surface area (Å²) in [6.07, 6.45) is 2.91. The van der Waals surface area contributed by atoms with Gasteiger partial charge in [0.2, 0.25) is 0 Å². The summed E-state index contributed by atoms with van der Waals surface area (Å²) in [5.74, 6) is 0.776. The zero-order valence-electron chi connectivity index (χ0n) is 13.6. The molecule has 1 aromatic carbocycles. The van der Waals surface area contributed by atoms with Gasteiger partial charge in [0.15, 0.2) is 5.82 Å². The van der Waals surface area contributed by atoms with E-state index in [1.807, 2.05) is 37.4 Å². The number of nitrogens with zero attached hydrogens (tertiary/aromatic N) is 4. The van der Waals surface area contributed by atoms with Crippen molar-refractivity contribution in [1.82, 2.24) is 19.9 Å². The Morgan fingerprint density at radius 1 is 1.21 bits per heavy atom. The number of thiazole rings is 1. The van der Waals surface area contributed by atoms with Crippen LogP contribution in [0.4, 0.5) is 5.69 Å². The van der Waals surface area contributed by atoms with Crippen LogP contribution in [0.25, 0.3) is 11.4 Å². The van der Waals surface area contributed by atoms with Gasteiger partial charge in [-0.05, 0) is 31.2 Å². The van der Waals surface area contributed by atoms with Gasteiger partial charge in [0, 0.05) is 53.6 Å². The van der Waals surface area contributed by atoms with Crippen LogP contribution in [0.2, 0.25) is 0 Å². The molecule has 6 heteroatoms. The lowest BCUT2D eigenvalue weighted by molar-refractivity contribution is 0.242. The predicted octanol–water partition coefficient (Wildman–Crippen LogP) is 3.05. The van der Waals surface area contributed by atoms with Crippen LogP contribution in [0.15, 0.2) is 35.8 Å². The normalized spacial score (nSPS) is 14.5. The summed E-state index contributed by atoms with van der Waals surface area (Å²) >= 11 is 1.73. The van der Waals surface area contributed by atoms with Crippen molar-refractivity contribution in [3.05, 3.63) is 57.8 Å². The van der Waals surface area contributed by atoms with Crippen LogP contribution in [0, 0.1) is 6.92 Å². The van der Waals surface area contributed by atoms with Crippen molar-refractivity contribution in [3.8, 4) is 11.4 Å². The third-order valence-electron chi connectivity index (χ3n) is 4.21. The summed E-state index contributed by atoms with van der Waals surface area (Å²) in [7, 11) is 0. The molecule has 24 heavy (non-hydrogen) atoms. The number of hydrogen-bond acceptors (Lipinski definition) is 6. The molecule has 2 N–H and O–H groups in total. The minimum absolute atomic E-state index is 0.754. The molecule has 122 valence electrons. The van der Waals surface area contributed by atoms with Crippen LogP contribution in [0.5, 0.6) is 0 Å². The molecule has 0 aliphatic carbocycles. The number of aromatic nitrogens is 3. The second-order valence-electron chi connectivity index (χ2n) is 6.13. The van der Waals surface area contributed by atoms with E-state index in [9.17, 15) is 0 Å². The number of nitrogens with two attached hydrogens (primary N) is 1. The number of benzene rings is 1. The monoisotopic (exact) mass is 337 g/mol. The Kier molecular flexibility index (Phi) is 4.00. The van der Waals surface area contributed by atoms with E-state index in [1.54, 1.807) is 11.3 Å². The van der Waals surface area contributed by atoms with Crippen molar-refractivity contribution in [2.24, 2.45) is 0 Å². The van der Waals surface area contributed by atoms with Crippen LogP contribution in [-0.2, 0) is 19.5 Å². The third-order valence-corrected chi connectivity index (χ3v) is 5.16. The van der Waals surface area contributed by atoms with Gasteiger partial charge < -0.3 is 5.73 Å². The minimum Gasteiger partial charge on any atom is -0.399 e. The van der Waals surface area contributed by atoms with E-state index in [0.29, 0.717) is 0 Å². The Hall–Kier alpha value is -2.31.